The maximum Gasteiger partial charge on any atom is 0.246 e. The zero-order chi connectivity index (χ0) is 11.5. The molecule has 1 heterocycles. The Morgan fingerprint density at radius 2 is 2.27 bits per heavy atom. The average molecular weight is 233 g/mol. The number of nitrogens with zero attached hydrogens (tertiary/aromatic N) is 1. The Morgan fingerprint density at radius 3 is 2.67 bits per heavy atom. The third kappa shape index (κ3) is 3.04. The van der Waals surface area contributed by atoms with Crippen LogP contribution in [0.5, 0.6) is 0 Å². The second-order valence-corrected chi connectivity index (χ2v) is 5.74. The number of aliphatic hydroxyl groups excluding tert-OH is 1. The summed E-state index contributed by atoms with van der Waals surface area (Å²) in [7, 11) is -3.01. The number of carbonyl (C=O) groups excluding carboxylic acids is 1. The molecule has 1 N–H and O–H groups in total. The van der Waals surface area contributed by atoms with Crippen molar-refractivity contribution < 1.29 is 18.3 Å². The minimum atomic E-state index is -3.01. The Morgan fingerprint density at radius 1 is 1.60 bits per heavy atom. The first kappa shape index (κ1) is 12.2. The molecule has 1 unspecified atom stereocenters. The van der Waals surface area contributed by atoms with Gasteiger partial charge in [0.1, 0.15) is 0 Å². The van der Waals surface area contributed by atoms with E-state index in [1.807, 2.05) is 0 Å². The quantitative estimate of drug-likeness (QED) is 0.644. The van der Waals surface area contributed by atoms with Gasteiger partial charge in [-0.25, -0.2) is 8.42 Å². The summed E-state index contributed by atoms with van der Waals surface area (Å²) < 4.78 is 22.5. The number of hydrogen-bond acceptors (Lipinski definition) is 4. The van der Waals surface area contributed by atoms with Crippen LogP contribution in [0.15, 0.2) is 12.7 Å². The monoisotopic (exact) mass is 233 g/mol. The fraction of sp³-hybridized carbons (Fsp3) is 0.667. The third-order valence-corrected chi connectivity index (χ3v) is 4.20. The molecule has 1 atom stereocenters. The van der Waals surface area contributed by atoms with Gasteiger partial charge in [0, 0.05) is 12.6 Å². The van der Waals surface area contributed by atoms with E-state index >= 15 is 0 Å². The topological polar surface area (TPSA) is 74.7 Å². The predicted octanol–water partition coefficient (Wildman–Crippen LogP) is -0.820. The van der Waals surface area contributed by atoms with Crippen LogP contribution in [0.2, 0.25) is 0 Å². The fourth-order valence-corrected chi connectivity index (χ4v) is 3.45. The van der Waals surface area contributed by atoms with Crippen molar-refractivity contribution in [2.45, 2.75) is 12.5 Å². The lowest BCUT2D eigenvalue weighted by atomic mass is 10.2. The molecular formula is C9H15NO4S. The first-order chi connectivity index (χ1) is 7.00. The van der Waals surface area contributed by atoms with E-state index in [2.05, 4.69) is 6.58 Å². The zero-order valence-electron chi connectivity index (χ0n) is 8.42. The summed E-state index contributed by atoms with van der Waals surface area (Å²) in [6.45, 7) is 3.34. The van der Waals surface area contributed by atoms with Gasteiger partial charge in [-0.3, -0.25) is 4.79 Å². The highest BCUT2D eigenvalue weighted by molar-refractivity contribution is 7.91. The van der Waals surface area contributed by atoms with Crippen molar-refractivity contribution >= 4 is 15.7 Å². The third-order valence-electron chi connectivity index (χ3n) is 2.45. The van der Waals surface area contributed by atoms with Gasteiger partial charge >= 0.3 is 0 Å². The second-order valence-electron chi connectivity index (χ2n) is 3.52. The summed E-state index contributed by atoms with van der Waals surface area (Å²) in [5.74, 6) is -0.220. The maximum atomic E-state index is 11.4. The molecule has 0 aromatic rings. The van der Waals surface area contributed by atoms with Gasteiger partial charge in [-0.2, -0.15) is 0 Å². The smallest absolute Gasteiger partial charge is 0.246 e. The van der Waals surface area contributed by atoms with E-state index in [0.717, 1.165) is 6.08 Å². The van der Waals surface area contributed by atoms with Crippen molar-refractivity contribution in [3.63, 3.8) is 0 Å². The molecule has 0 bridgehead atoms. The van der Waals surface area contributed by atoms with Crippen molar-refractivity contribution in [3.8, 4) is 0 Å². The molecule has 0 aliphatic carbocycles. The van der Waals surface area contributed by atoms with Crippen molar-refractivity contribution in [1.82, 2.24) is 4.90 Å². The molecule has 15 heavy (non-hydrogen) atoms. The molecule has 1 fully saturated rings. The molecule has 1 saturated heterocycles. The first-order valence-electron chi connectivity index (χ1n) is 4.74. The Bertz CT molecular complexity index is 349. The molecule has 0 radical (unpaired) electrons. The van der Waals surface area contributed by atoms with Crippen LogP contribution in [-0.2, 0) is 14.6 Å². The molecule has 86 valence electrons. The lowest BCUT2D eigenvalue weighted by Crippen LogP contribution is -2.41. The average Bonchev–Trinajstić information content (AvgIpc) is 2.54. The number of hydrogen-bond donors (Lipinski definition) is 1. The van der Waals surface area contributed by atoms with Crippen LogP contribution >= 0.6 is 0 Å². The molecule has 5 nitrogen and oxygen atoms in total. The highest BCUT2D eigenvalue weighted by Gasteiger charge is 2.33. The Balaban J connectivity index is 2.73. The molecule has 0 saturated carbocycles. The highest BCUT2D eigenvalue weighted by atomic mass is 32.2. The Kier molecular flexibility index (Phi) is 3.87. The summed E-state index contributed by atoms with van der Waals surface area (Å²) >= 11 is 0. The largest absolute Gasteiger partial charge is 0.395 e. The van der Waals surface area contributed by atoms with Gasteiger partial charge in [0.25, 0.3) is 0 Å². The van der Waals surface area contributed by atoms with E-state index in [1.165, 1.54) is 4.90 Å². The van der Waals surface area contributed by atoms with Gasteiger partial charge in [0.2, 0.25) is 5.91 Å². The normalized spacial score (nSPS) is 23.7. The van der Waals surface area contributed by atoms with E-state index < -0.39 is 9.84 Å². The molecule has 0 aromatic carbocycles. The van der Waals surface area contributed by atoms with E-state index in [0.29, 0.717) is 6.42 Å². The molecular weight excluding hydrogens is 218 g/mol. The van der Waals surface area contributed by atoms with E-state index in [1.54, 1.807) is 0 Å². The van der Waals surface area contributed by atoms with E-state index in [9.17, 15) is 13.2 Å². The van der Waals surface area contributed by atoms with Crippen LogP contribution in [0.4, 0.5) is 0 Å². The number of amides is 1. The molecule has 1 aliphatic rings. The molecule has 0 spiro atoms. The van der Waals surface area contributed by atoms with Crippen LogP contribution in [0.3, 0.4) is 0 Å². The van der Waals surface area contributed by atoms with Gasteiger partial charge in [-0.05, 0) is 12.5 Å². The van der Waals surface area contributed by atoms with Gasteiger partial charge in [0.05, 0.1) is 18.1 Å². The second kappa shape index (κ2) is 4.76. The molecule has 1 aliphatic heterocycles. The van der Waals surface area contributed by atoms with Gasteiger partial charge in [0.15, 0.2) is 9.84 Å². The van der Waals surface area contributed by atoms with Crippen LogP contribution in [0, 0.1) is 0 Å². The number of aliphatic hydroxyl groups is 1. The Hall–Kier alpha value is -0.880. The first-order valence-corrected chi connectivity index (χ1v) is 6.56. The highest BCUT2D eigenvalue weighted by Crippen LogP contribution is 2.17. The zero-order valence-corrected chi connectivity index (χ0v) is 9.24. The minimum Gasteiger partial charge on any atom is -0.395 e. The summed E-state index contributed by atoms with van der Waals surface area (Å²) in [4.78, 5) is 12.8. The lowest BCUT2D eigenvalue weighted by Gasteiger charge is -2.26. The standard InChI is InChI=1S/C9H15NO4S/c1-2-9(12)10(4-5-11)8-3-6-15(13,14)7-8/h2,8,11H,1,3-7H2. The van der Waals surface area contributed by atoms with E-state index in [4.69, 9.17) is 5.11 Å². The number of carbonyl (C=O) groups is 1. The van der Waals surface area contributed by atoms with E-state index in [-0.39, 0.29) is 36.6 Å². The van der Waals surface area contributed by atoms with Gasteiger partial charge < -0.3 is 10.0 Å². The van der Waals surface area contributed by atoms with Gasteiger partial charge in [-0.1, -0.05) is 6.58 Å². The fourth-order valence-electron chi connectivity index (χ4n) is 1.72. The van der Waals surface area contributed by atoms with Crippen LogP contribution in [0.25, 0.3) is 0 Å². The van der Waals surface area contributed by atoms with Crippen LogP contribution in [0.1, 0.15) is 6.42 Å². The molecule has 0 aromatic heterocycles. The van der Waals surface area contributed by atoms with Crippen molar-refractivity contribution in [2.24, 2.45) is 0 Å². The van der Waals surface area contributed by atoms with Crippen molar-refractivity contribution in [1.29, 1.82) is 0 Å². The molecule has 1 amide bonds. The molecule has 6 heteroatoms. The SMILES string of the molecule is C=CC(=O)N(CCO)C1CCS(=O)(=O)C1. The minimum absolute atomic E-state index is 0.00736. The number of rotatable bonds is 4. The Labute approximate surface area is 89.3 Å². The van der Waals surface area contributed by atoms with Crippen LogP contribution < -0.4 is 0 Å². The lowest BCUT2D eigenvalue weighted by molar-refractivity contribution is -0.128. The van der Waals surface area contributed by atoms with Gasteiger partial charge in [-0.15, -0.1) is 0 Å². The maximum absolute atomic E-state index is 11.4. The van der Waals surface area contributed by atoms with Crippen molar-refractivity contribution in [3.05, 3.63) is 12.7 Å². The summed E-state index contributed by atoms with van der Waals surface area (Å²) in [6.07, 6.45) is 1.59. The molecule has 1 rings (SSSR count). The summed E-state index contributed by atoms with van der Waals surface area (Å²) in [6, 6.07) is -0.312. The predicted molar refractivity (Wildman–Crippen MR) is 56.1 cm³/mol. The van der Waals surface area contributed by atoms with Crippen molar-refractivity contribution in [2.75, 3.05) is 24.7 Å². The summed E-state index contributed by atoms with van der Waals surface area (Å²) in [5.41, 5.74) is 0. The number of sulfone groups is 1. The van der Waals surface area contributed by atoms with Crippen LogP contribution in [-0.4, -0.2) is 55.0 Å². The summed E-state index contributed by atoms with van der Waals surface area (Å²) in [5, 5.41) is 8.79.